The number of nitrogens with two attached hydrogens (primary N) is 1. The monoisotopic (exact) mass is 297 g/mol. The number of hydrogen-bond acceptors (Lipinski definition) is 2. The van der Waals surface area contributed by atoms with E-state index in [1.165, 1.54) is 12.1 Å². The van der Waals surface area contributed by atoms with Gasteiger partial charge in [0.25, 0.3) is 0 Å². The number of hydrogen-bond donors (Lipinski definition) is 2. The van der Waals surface area contributed by atoms with Gasteiger partial charge in [0, 0.05) is 28.2 Å². The van der Waals surface area contributed by atoms with E-state index in [9.17, 15) is 4.39 Å². The van der Waals surface area contributed by atoms with Crippen LogP contribution in [0.15, 0.2) is 28.7 Å². The highest BCUT2D eigenvalue weighted by atomic mass is 79.9. The maximum atomic E-state index is 13.0. The van der Waals surface area contributed by atoms with Crippen LogP contribution in [-0.4, -0.2) is 16.2 Å². The fourth-order valence-corrected chi connectivity index (χ4v) is 2.20. The Morgan fingerprint density at radius 3 is 2.88 bits per heavy atom. The van der Waals surface area contributed by atoms with Gasteiger partial charge in [-0.2, -0.15) is 5.10 Å². The molecule has 0 aliphatic heterocycles. The lowest BCUT2D eigenvalue weighted by atomic mass is 10.1. The summed E-state index contributed by atoms with van der Waals surface area (Å²) >= 11 is 3.33. The molecule has 0 saturated heterocycles. The summed E-state index contributed by atoms with van der Waals surface area (Å²) in [5.41, 5.74) is 8.34. The molecule has 5 heteroatoms. The van der Waals surface area contributed by atoms with Crippen LogP contribution in [-0.2, 0) is 6.42 Å². The highest BCUT2D eigenvalue weighted by Gasteiger charge is 2.09. The zero-order valence-electron chi connectivity index (χ0n) is 9.37. The maximum Gasteiger partial charge on any atom is 0.124 e. The molecule has 1 aromatic carbocycles. The Hall–Kier alpha value is -1.20. The summed E-state index contributed by atoms with van der Waals surface area (Å²) in [6.07, 6.45) is 0.742. The van der Waals surface area contributed by atoms with Gasteiger partial charge in [0.15, 0.2) is 0 Å². The van der Waals surface area contributed by atoms with Crippen molar-refractivity contribution in [2.24, 2.45) is 5.73 Å². The smallest absolute Gasteiger partial charge is 0.124 e. The molecule has 1 atom stereocenters. The predicted molar refractivity (Wildman–Crippen MR) is 69.0 cm³/mol. The van der Waals surface area contributed by atoms with Gasteiger partial charge in [-0.15, -0.1) is 0 Å². The van der Waals surface area contributed by atoms with Crippen LogP contribution in [0.1, 0.15) is 12.6 Å². The van der Waals surface area contributed by atoms with Crippen molar-refractivity contribution in [1.29, 1.82) is 0 Å². The molecule has 3 N–H and O–H groups in total. The lowest BCUT2D eigenvalue weighted by Crippen LogP contribution is -2.17. The van der Waals surface area contributed by atoms with Gasteiger partial charge in [0.1, 0.15) is 5.82 Å². The Morgan fingerprint density at radius 1 is 1.47 bits per heavy atom. The van der Waals surface area contributed by atoms with E-state index in [0.29, 0.717) is 4.47 Å². The fourth-order valence-electron chi connectivity index (χ4n) is 1.65. The number of rotatable bonds is 3. The topological polar surface area (TPSA) is 54.7 Å². The van der Waals surface area contributed by atoms with Crippen molar-refractivity contribution in [3.63, 3.8) is 0 Å². The number of aromatic amines is 1. The lowest BCUT2D eigenvalue weighted by molar-refractivity contribution is 0.627. The average molecular weight is 298 g/mol. The zero-order chi connectivity index (χ0) is 12.4. The highest BCUT2D eigenvalue weighted by Crippen LogP contribution is 2.27. The molecule has 0 aliphatic carbocycles. The maximum absolute atomic E-state index is 13.0. The first-order chi connectivity index (χ1) is 8.06. The number of H-pyrrole nitrogens is 1. The Labute approximate surface area is 107 Å². The molecule has 1 aromatic heterocycles. The first-order valence-electron chi connectivity index (χ1n) is 5.31. The van der Waals surface area contributed by atoms with Crippen molar-refractivity contribution >= 4 is 15.9 Å². The normalized spacial score (nSPS) is 12.7. The first-order valence-corrected chi connectivity index (χ1v) is 6.11. The van der Waals surface area contributed by atoms with Crippen molar-refractivity contribution in [2.75, 3.05) is 0 Å². The molecular formula is C12H13BrFN3. The van der Waals surface area contributed by atoms with Crippen molar-refractivity contribution < 1.29 is 4.39 Å². The molecule has 0 bridgehead atoms. The van der Waals surface area contributed by atoms with Crippen LogP contribution >= 0.6 is 15.9 Å². The summed E-state index contributed by atoms with van der Waals surface area (Å²) in [7, 11) is 0. The molecule has 0 spiro atoms. The molecule has 1 heterocycles. The van der Waals surface area contributed by atoms with E-state index in [2.05, 4.69) is 26.1 Å². The third kappa shape index (κ3) is 2.92. The average Bonchev–Trinajstić information content (AvgIpc) is 2.65. The minimum atomic E-state index is -0.271. The SMILES string of the molecule is CC(N)Cc1cc(-c2ccc(F)cc2Br)n[nH]1. The summed E-state index contributed by atoms with van der Waals surface area (Å²) in [4.78, 5) is 0. The predicted octanol–water partition coefficient (Wildman–Crippen LogP) is 2.87. The molecule has 0 fully saturated rings. The van der Waals surface area contributed by atoms with Crippen molar-refractivity contribution in [3.8, 4) is 11.3 Å². The van der Waals surface area contributed by atoms with Crippen LogP contribution < -0.4 is 5.73 Å². The summed E-state index contributed by atoms with van der Waals surface area (Å²) < 4.78 is 13.7. The van der Waals surface area contributed by atoms with E-state index in [1.807, 2.05) is 13.0 Å². The molecule has 2 aromatic rings. The standard InChI is InChI=1S/C12H13BrFN3/c1-7(15)4-9-6-12(17-16-9)10-3-2-8(14)5-11(10)13/h2-3,5-7H,4,15H2,1H3,(H,16,17). The van der Waals surface area contributed by atoms with Crippen LogP contribution in [0.2, 0.25) is 0 Å². The van der Waals surface area contributed by atoms with Gasteiger partial charge in [0.05, 0.1) is 5.69 Å². The molecule has 17 heavy (non-hydrogen) atoms. The van der Waals surface area contributed by atoms with Crippen molar-refractivity contribution in [3.05, 3.63) is 40.2 Å². The third-order valence-electron chi connectivity index (χ3n) is 2.38. The van der Waals surface area contributed by atoms with Gasteiger partial charge in [0.2, 0.25) is 0 Å². The van der Waals surface area contributed by atoms with Crippen LogP contribution in [0.5, 0.6) is 0 Å². The number of nitrogens with one attached hydrogen (secondary N) is 1. The Balaban J connectivity index is 2.30. The minimum absolute atomic E-state index is 0.0833. The summed E-state index contributed by atoms with van der Waals surface area (Å²) in [5, 5.41) is 7.13. The largest absolute Gasteiger partial charge is 0.328 e. The Kier molecular flexibility index (Phi) is 3.59. The summed E-state index contributed by atoms with van der Waals surface area (Å²) in [5.74, 6) is -0.271. The first kappa shape index (κ1) is 12.3. The molecule has 2 rings (SSSR count). The van der Waals surface area contributed by atoms with E-state index in [0.717, 1.165) is 23.4 Å². The van der Waals surface area contributed by atoms with Gasteiger partial charge in [-0.25, -0.2) is 4.39 Å². The van der Waals surface area contributed by atoms with E-state index in [4.69, 9.17) is 5.73 Å². The number of aromatic nitrogens is 2. The molecule has 0 radical (unpaired) electrons. The highest BCUT2D eigenvalue weighted by molar-refractivity contribution is 9.10. The second-order valence-electron chi connectivity index (χ2n) is 4.08. The number of halogens is 2. The van der Waals surface area contributed by atoms with Gasteiger partial charge < -0.3 is 5.73 Å². The second kappa shape index (κ2) is 4.98. The van der Waals surface area contributed by atoms with Gasteiger partial charge in [-0.1, -0.05) is 0 Å². The minimum Gasteiger partial charge on any atom is -0.328 e. The fraction of sp³-hybridized carbons (Fsp3) is 0.250. The van der Waals surface area contributed by atoms with Crippen LogP contribution in [0.4, 0.5) is 4.39 Å². The Bertz CT molecular complexity index is 522. The lowest BCUT2D eigenvalue weighted by Gasteiger charge is -2.01. The van der Waals surface area contributed by atoms with E-state index < -0.39 is 0 Å². The molecule has 0 aliphatic rings. The molecule has 0 saturated carbocycles. The van der Waals surface area contributed by atoms with Gasteiger partial charge >= 0.3 is 0 Å². The summed E-state index contributed by atoms with van der Waals surface area (Å²) in [6, 6.07) is 6.56. The van der Waals surface area contributed by atoms with Gasteiger partial charge in [-0.05, 0) is 47.1 Å². The van der Waals surface area contributed by atoms with E-state index in [-0.39, 0.29) is 11.9 Å². The van der Waals surface area contributed by atoms with Crippen LogP contribution in [0.25, 0.3) is 11.3 Å². The molecule has 0 amide bonds. The summed E-state index contributed by atoms with van der Waals surface area (Å²) in [6.45, 7) is 1.94. The van der Waals surface area contributed by atoms with E-state index >= 15 is 0 Å². The van der Waals surface area contributed by atoms with Crippen molar-refractivity contribution in [2.45, 2.75) is 19.4 Å². The molecule has 90 valence electrons. The number of benzene rings is 1. The Morgan fingerprint density at radius 2 is 2.24 bits per heavy atom. The third-order valence-corrected chi connectivity index (χ3v) is 3.04. The second-order valence-corrected chi connectivity index (χ2v) is 4.94. The number of nitrogens with zero attached hydrogens (tertiary/aromatic N) is 1. The van der Waals surface area contributed by atoms with Crippen molar-refractivity contribution in [1.82, 2.24) is 10.2 Å². The van der Waals surface area contributed by atoms with E-state index in [1.54, 1.807) is 6.07 Å². The van der Waals surface area contributed by atoms with Crippen LogP contribution in [0, 0.1) is 5.82 Å². The quantitative estimate of drug-likeness (QED) is 0.915. The van der Waals surface area contributed by atoms with Gasteiger partial charge in [-0.3, -0.25) is 5.10 Å². The molecule has 1 unspecified atom stereocenters. The molecule has 3 nitrogen and oxygen atoms in total. The molecular weight excluding hydrogens is 285 g/mol. The zero-order valence-corrected chi connectivity index (χ0v) is 11.0. The van der Waals surface area contributed by atoms with Crippen LogP contribution in [0.3, 0.4) is 0 Å².